The number of nitrogens with two attached hydrogens (primary N) is 1. The van der Waals surface area contributed by atoms with Crippen molar-refractivity contribution >= 4 is 0 Å². The molecule has 2 nitrogen and oxygen atoms in total. The van der Waals surface area contributed by atoms with Gasteiger partial charge in [-0.15, -0.1) is 0 Å². The summed E-state index contributed by atoms with van der Waals surface area (Å²) in [5, 5.41) is 0. The van der Waals surface area contributed by atoms with E-state index in [0.29, 0.717) is 0 Å². The number of hydrogen-bond donors (Lipinski definition) is 1. The fourth-order valence-corrected chi connectivity index (χ4v) is 2.59. The average Bonchev–Trinajstić information content (AvgIpc) is 3.12. The van der Waals surface area contributed by atoms with E-state index in [-0.39, 0.29) is 11.0 Å². The highest BCUT2D eigenvalue weighted by molar-refractivity contribution is 5.37. The molecular weight excluding hydrogens is 229 g/mol. The van der Waals surface area contributed by atoms with Gasteiger partial charge in [0.2, 0.25) is 0 Å². The van der Waals surface area contributed by atoms with Crippen LogP contribution in [-0.4, -0.2) is 10.5 Å². The van der Waals surface area contributed by atoms with E-state index in [1.807, 2.05) is 0 Å². The minimum absolute atomic E-state index is 0.142. The third-order valence-electron chi connectivity index (χ3n) is 4.07. The van der Waals surface area contributed by atoms with Crippen LogP contribution in [0.3, 0.4) is 0 Å². The highest BCUT2D eigenvalue weighted by Crippen LogP contribution is 2.63. The summed E-state index contributed by atoms with van der Waals surface area (Å²) in [5.74, 6) is 0. The summed E-state index contributed by atoms with van der Waals surface area (Å²) in [5.41, 5.74) is 5.86. The van der Waals surface area contributed by atoms with Crippen LogP contribution in [-0.2, 0) is 11.6 Å². The molecular formula is C12H13F3N2. The standard InChI is InChI=1S/C12H13F3N2/c13-12(14,15)8-1-2-9(17-7-8)10(3-4-10)11(16)5-6-11/h1-2,7H,3-6,16H2. The van der Waals surface area contributed by atoms with E-state index < -0.39 is 11.7 Å². The number of alkyl halides is 3. The largest absolute Gasteiger partial charge is 0.417 e. The molecule has 1 heterocycles. The molecule has 0 amide bonds. The molecule has 0 aliphatic heterocycles. The summed E-state index contributed by atoms with van der Waals surface area (Å²) in [6.07, 6.45) is 0.401. The van der Waals surface area contributed by atoms with E-state index in [1.165, 1.54) is 6.07 Å². The molecule has 2 fully saturated rings. The minimum atomic E-state index is -4.32. The quantitative estimate of drug-likeness (QED) is 0.865. The molecule has 0 aromatic carbocycles. The topological polar surface area (TPSA) is 38.9 Å². The number of hydrogen-bond acceptors (Lipinski definition) is 2. The molecule has 3 rings (SSSR count). The molecule has 2 aliphatic rings. The number of halogens is 3. The van der Waals surface area contributed by atoms with Crippen molar-refractivity contribution in [3.05, 3.63) is 29.6 Å². The van der Waals surface area contributed by atoms with E-state index in [4.69, 9.17) is 5.73 Å². The Hall–Kier alpha value is -1.10. The van der Waals surface area contributed by atoms with Crippen molar-refractivity contribution in [2.75, 3.05) is 0 Å². The first kappa shape index (κ1) is 11.0. The fraction of sp³-hybridized carbons (Fsp3) is 0.583. The van der Waals surface area contributed by atoms with Gasteiger partial charge in [0, 0.05) is 22.8 Å². The highest BCUT2D eigenvalue weighted by Gasteiger charge is 2.64. The van der Waals surface area contributed by atoms with Crippen molar-refractivity contribution in [3.63, 3.8) is 0 Å². The molecule has 2 N–H and O–H groups in total. The van der Waals surface area contributed by atoms with Gasteiger partial charge in [0.25, 0.3) is 0 Å². The van der Waals surface area contributed by atoms with Crippen LogP contribution in [0.15, 0.2) is 18.3 Å². The SMILES string of the molecule is NC1(C2(c3ccc(C(F)(F)F)cn3)CC2)CC1. The van der Waals surface area contributed by atoms with Crippen molar-refractivity contribution in [3.8, 4) is 0 Å². The lowest BCUT2D eigenvalue weighted by atomic mass is 9.90. The number of pyridine rings is 1. The summed E-state index contributed by atoms with van der Waals surface area (Å²) in [7, 11) is 0. The second-order valence-corrected chi connectivity index (χ2v) is 5.17. The summed E-state index contributed by atoms with van der Waals surface area (Å²) in [6, 6.07) is 2.59. The lowest BCUT2D eigenvalue weighted by molar-refractivity contribution is -0.137. The van der Waals surface area contributed by atoms with Crippen molar-refractivity contribution < 1.29 is 13.2 Å². The molecule has 0 radical (unpaired) electrons. The van der Waals surface area contributed by atoms with Gasteiger partial charge in [0.05, 0.1) is 5.56 Å². The van der Waals surface area contributed by atoms with Crippen molar-refractivity contribution in [1.82, 2.24) is 4.98 Å². The highest BCUT2D eigenvalue weighted by atomic mass is 19.4. The van der Waals surface area contributed by atoms with Gasteiger partial charge < -0.3 is 5.73 Å². The molecule has 2 saturated carbocycles. The third kappa shape index (κ3) is 1.56. The lowest BCUT2D eigenvalue weighted by Crippen LogP contribution is -2.37. The Morgan fingerprint density at radius 2 is 1.76 bits per heavy atom. The Labute approximate surface area is 97.0 Å². The molecule has 0 spiro atoms. The Bertz CT molecular complexity index is 442. The van der Waals surface area contributed by atoms with Gasteiger partial charge in [-0.05, 0) is 37.8 Å². The summed E-state index contributed by atoms with van der Waals surface area (Å²) in [6.45, 7) is 0. The molecule has 17 heavy (non-hydrogen) atoms. The Morgan fingerprint density at radius 3 is 2.12 bits per heavy atom. The second-order valence-electron chi connectivity index (χ2n) is 5.17. The molecule has 92 valence electrons. The maximum Gasteiger partial charge on any atom is 0.417 e. The van der Waals surface area contributed by atoms with Gasteiger partial charge in [0.15, 0.2) is 0 Å². The van der Waals surface area contributed by atoms with Crippen LogP contribution in [0, 0.1) is 0 Å². The third-order valence-corrected chi connectivity index (χ3v) is 4.07. The van der Waals surface area contributed by atoms with E-state index >= 15 is 0 Å². The monoisotopic (exact) mass is 242 g/mol. The number of aromatic nitrogens is 1. The zero-order valence-corrected chi connectivity index (χ0v) is 9.22. The van der Waals surface area contributed by atoms with Crippen molar-refractivity contribution in [1.29, 1.82) is 0 Å². The van der Waals surface area contributed by atoms with E-state index in [0.717, 1.165) is 43.6 Å². The second kappa shape index (κ2) is 3.02. The molecule has 1 aromatic rings. The zero-order chi connectivity index (χ0) is 12.3. The normalized spacial score (nSPS) is 24.5. The molecule has 2 aliphatic carbocycles. The smallest absolute Gasteiger partial charge is 0.324 e. The van der Waals surface area contributed by atoms with Crippen LogP contribution in [0.5, 0.6) is 0 Å². The minimum Gasteiger partial charge on any atom is -0.324 e. The van der Waals surface area contributed by atoms with Crippen LogP contribution in [0.25, 0.3) is 0 Å². The summed E-state index contributed by atoms with van der Waals surface area (Å²) < 4.78 is 37.2. The molecule has 0 atom stereocenters. The van der Waals surface area contributed by atoms with Crippen LogP contribution >= 0.6 is 0 Å². The first-order valence-corrected chi connectivity index (χ1v) is 5.70. The van der Waals surface area contributed by atoms with Gasteiger partial charge in [-0.2, -0.15) is 13.2 Å². The fourth-order valence-electron chi connectivity index (χ4n) is 2.59. The van der Waals surface area contributed by atoms with Crippen molar-refractivity contribution in [2.24, 2.45) is 5.73 Å². The first-order valence-electron chi connectivity index (χ1n) is 5.70. The van der Waals surface area contributed by atoms with E-state index in [2.05, 4.69) is 4.98 Å². The van der Waals surface area contributed by atoms with Gasteiger partial charge in [-0.1, -0.05) is 0 Å². The van der Waals surface area contributed by atoms with Gasteiger partial charge in [-0.3, -0.25) is 4.98 Å². The number of rotatable bonds is 2. The zero-order valence-electron chi connectivity index (χ0n) is 9.22. The van der Waals surface area contributed by atoms with E-state index in [9.17, 15) is 13.2 Å². The number of nitrogens with zero attached hydrogens (tertiary/aromatic N) is 1. The van der Waals surface area contributed by atoms with Crippen LogP contribution in [0.2, 0.25) is 0 Å². The van der Waals surface area contributed by atoms with Crippen LogP contribution in [0.4, 0.5) is 13.2 Å². The first-order chi connectivity index (χ1) is 7.87. The van der Waals surface area contributed by atoms with Gasteiger partial charge >= 0.3 is 6.18 Å². The predicted molar refractivity (Wildman–Crippen MR) is 56.3 cm³/mol. The molecule has 1 aromatic heterocycles. The maximum absolute atomic E-state index is 12.4. The molecule has 0 saturated heterocycles. The van der Waals surface area contributed by atoms with E-state index in [1.54, 1.807) is 0 Å². The maximum atomic E-state index is 12.4. The van der Waals surface area contributed by atoms with Crippen molar-refractivity contribution in [2.45, 2.75) is 42.8 Å². The molecule has 0 unspecified atom stereocenters. The predicted octanol–water partition coefficient (Wildman–Crippen LogP) is 2.62. The molecule has 0 bridgehead atoms. The Balaban J connectivity index is 1.91. The van der Waals surface area contributed by atoms with Crippen LogP contribution < -0.4 is 5.73 Å². The Kier molecular flexibility index (Phi) is 1.95. The molecule has 5 heteroatoms. The van der Waals surface area contributed by atoms with Crippen LogP contribution in [0.1, 0.15) is 36.9 Å². The summed E-state index contributed by atoms with van der Waals surface area (Å²) in [4.78, 5) is 3.99. The Morgan fingerprint density at radius 1 is 1.12 bits per heavy atom. The summed E-state index contributed by atoms with van der Waals surface area (Å²) >= 11 is 0. The average molecular weight is 242 g/mol. The lowest BCUT2D eigenvalue weighted by Gasteiger charge is -2.22. The van der Waals surface area contributed by atoms with Gasteiger partial charge in [-0.25, -0.2) is 0 Å². The van der Waals surface area contributed by atoms with Gasteiger partial charge in [0.1, 0.15) is 0 Å².